The fourth-order valence-corrected chi connectivity index (χ4v) is 2.07. The highest BCUT2D eigenvalue weighted by atomic mass is 15.1. The van der Waals surface area contributed by atoms with Crippen LogP contribution in [0.3, 0.4) is 0 Å². The lowest BCUT2D eigenvalue weighted by Gasteiger charge is -2.32. The third-order valence-electron chi connectivity index (χ3n) is 3.18. The number of nitrogens with two attached hydrogens (primary N) is 1. The molecule has 0 amide bonds. The number of piperidine rings is 1. The number of nitrogens with zero attached hydrogens (tertiary/aromatic N) is 3. The highest BCUT2D eigenvalue weighted by molar-refractivity contribution is 5.46. The minimum Gasteiger partial charge on any atom is -0.370 e. The minimum absolute atomic E-state index is 0.473. The smallest absolute Gasteiger partial charge is 0.140 e. The first-order valence-electron chi connectivity index (χ1n) is 5.64. The summed E-state index contributed by atoms with van der Waals surface area (Å²) in [6, 6.07) is 5.76. The quantitative estimate of drug-likeness (QED) is 0.804. The zero-order valence-corrected chi connectivity index (χ0v) is 9.26. The van der Waals surface area contributed by atoms with Crippen molar-refractivity contribution in [3.63, 3.8) is 0 Å². The molecule has 1 aromatic rings. The lowest BCUT2D eigenvalue weighted by atomic mass is 9.97. The first kappa shape index (κ1) is 10.9. The molecule has 1 aliphatic heterocycles. The van der Waals surface area contributed by atoms with Crippen LogP contribution in [-0.2, 0) is 0 Å². The number of rotatable bonds is 2. The van der Waals surface area contributed by atoms with Gasteiger partial charge in [0, 0.05) is 13.1 Å². The van der Waals surface area contributed by atoms with Crippen LogP contribution in [0.2, 0.25) is 0 Å². The van der Waals surface area contributed by atoms with Gasteiger partial charge in [0.05, 0.1) is 11.9 Å². The van der Waals surface area contributed by atoms with Gasteiger partial charge in [0.25, 0.3) is 0 Å². The second kappa shape index (κ2) is 4.95. The third-order valence-corrected chi connectivity index (χ3v) is 3.18. The Bertz CT molecular complexity index is 371. The summed E-state index contributed by atoms with van der Waals surface area (Å²) in [4.78, 5) is 6.39. The standard InChI is InChI=1S/C12H16N4/c13-7-10-3-5-16(6-4-10)12-2-1-11(8-14)15-9-12/h1-2,9-10H,3-7,13H2. The van der Waals surface area contributed by atoms with Gasteiger partial charge < -0.3 is 10.6 Å². The summed E-state index contributed by atoms with van der Waals surface area (Å²) >= 11 is 0. The van der Waals surface area contributed by atoms with Crippen molar-refractivity contribution in [3.05, 3.63) is 24.0 Å². The summed E-state index contributed by atoms with van der Waals surface area (Å²) in [6.45, 7) is 2.87. The van der Waals surface area contributed by atoms with E-state index in [9.17, 15) is 0 Å². The van der Waals surface area contributed by atoms with Crippen LogP contribution >= 0.6 is 0 Å². The Labute approximate surface area is 95.7 Å². The first-order chi connectivity index (χ1) is 7.83. The van der Waals surface area contributed by atoms with E-state index < -0.39 is 0 Å². The SMILES string of the molecule is N#Cc1ccc(N2CCC(CN)CC2)cn1. The monoisotopic (exact) mass is 216 g/mol. The second-order valence-corrected chi connectivity index (χ2v) is 4.18. The van der Waals surface area contributed by atoms with E-state index in [1.165, 1.54) is 0 Å². The van der Waals surface area contributed by atoms with Gasteiger partial charge in [-0.1, -0.05) is 0 Å². The Balaban J connectivity index is 2.00. The van der Waals surface area contributed by atoms with Crippen molar-refractivity contribution < 1.29 is 0 Å². The maximum atomic E-state index is 8.67. The van der Waals surface area contributed by atoms with Gasteiger partial charge in [-0.2, -0.15) is 5.26 Å². The van der Waals surface area contributed by atoms with Crippen molar-refractivity contribution in [2.24, 2.45) is 11.7 Å². The zero-order valence-electron chi connectivity index (χ0n) is 9.26. The molecule has 0 atom stereocenters. The Morgan fingerprint density at radius 3 is 2.69 bits per heavy atom. The molecule has 4 nitrogen and oxygen atoms in total. The molecule has 1 saturated heterocycles. The molecule has 1 fully saturated rings. The number of pyridine rings is 1. The Hall–Kier alpha value is -1.60. The molecule has 2 N–H and O–H groups in total. The molecule has 1 aromatic heterocycles. The number of nitriles is 1. The maximum absolute atomic E-state index is 8.67. The molecule has 0 spiro atoms. The van der Waals surface area contributed by atoms with Gasteiger partial charge in [0.1, 0.15) is 11.8 Å². The highest BCUT2D eigenvalue weighted by Gasteiger charge is 2.18. The number of hydrogen-bond donors (Lipinski definition) is 1. The van der Waals surface area contributed by atoms with Gasteiger partial charge >= 0.3 is 0 Å². The molecule has 2 rings (SSSR count). The van der Waals surface area contributed by atoms with Crippen LogP contribution in [0.15, 0.2) is 18.3 Å². The first-order valence-corrected chi connectivity index (χ1v) is 5.64. The van der Waals surface area contributed by atoms with Crippen LogP contribution in [0.4, 0.5) is 5.69 Å². The van der Waals surface area contributed by atoms with Crippen molar-refractivity contribution >= 4 is 5.69 Å². The van der Waals surface area contributed by atoms with E-state index in [1.807, 2.05) is 12.1 Å². The zero-order chi connectivity index (χ0) is 11.4. The molecule has 2 heterocycles. The van der Waals surface area contributed by atoms with Gasteiger partial charge in [-0.3, -0.25) is 0 Å². The van der Waals surface area contributed by atoms with Crippen LogP contribution in [0.1, 0.15) is 18.5 Å². The van der Waals surface area contributed by atoms with E-state index >= 15 is 0 Å². The molecule has 1 aliphatic rings. The molecular formula is C12H16N4. The Kier molecular flexibility index (Phi) is 3.37. The second-order valence-electron chi connectivity index (χ2n) is 4.18. The number of anilines is 1. The van der Waals surface area contributed by atoms with Crippen LogP contribution < -0.4 is 10.6 Å². The summed E-state index contributed by atoms with van der Waals surface area (Å²) < 4.78 is 0. The molecular weight excluding hydrogens is 200 g/mol. The van der Waals surface area contributed by atoms with Gasteiger partial charge in [-0.25, -0.2) is 4.98 Å². The summed E-state index contributed by atoms with van der Waals surface area (Å²) in [7, 11) is 0. The van der Waals surface area contributed by atoms with Crippen LogP contribution in [0.25, 0.3) is 0 Å². The van der Waals surface area contributed by atoms with Crippen molar-refractivity contribution in [1.82, 2.24) is 4.98 Å². The fourth-order valence-electron chi connectivity index (χ4n) is 2.07. The molecule has 0 aliphatic carbocycles. The molecule has 0 saturated carbocycles. The van der Waals surface area contributed by atoms with Gasteiger partial charge in [0.15, 0.2) is 0 Å². The molecule has 84 valence electrons. The van der Waals surface area contributed by atoms with Crippen molar-refractivity contribution in [2.45, 2.75) is 12.8 Å². The topological polar surface area (TPSA) is 65.9 Å². The average molecular weight is 216 g/mol. The van der Waals surface area contributed by atoms with Crippen LogP contribution in [0.5, 0.6) is 0 Å². The van der Waals surface area contributed by atoms with Crippen LogP contribution in [0, 0.1) is 17.2 Å². The molecule has 0 bridgehead atoms. The molecule has 4 heteroatoms. The van der Waals surface area contributed by atoms with Gasteiger partial charge in [-0.15, -0.1) is 0 Å². The highest BCUT2D eigenvalue weighted by Crippen LogP contribution is 2.21. The van der Waals surface area contributed by atoms with E-state index in [1.54, 1.807) is 12.3 Å². The lowest BCUT2D eigenvalue weighted by Crippen LogP contribution is -2.36. The van der Waals surface area contributed by atoms with E-state index in [0.29, 0.717) is 11.6 Å². The fraction of sp³-hybridized carbons (Fsp3) is 0.500. The van der Waals surface area contributed by atoms with E-state index in [-0.39, 0.29) is 0 Å². The third kappa shape index (κ3) is 2.31. The number of hydrogen-bond acceptors (Lipinski definition) is 4. The molecule has 0 radical (unpaired) electrons. The van der Waals surface area contributed by atoms with Crippen molar-refractivity contribution in [3.8, 4) is 6.07 Å². The summed E-state index contributed by atoms with van der Waals surface area (Å²) in [5.74, 6) is 0.669. The Morgan fingerprint density at radius 2 is 2.19 bits per heavy atom. The molecule has 16 heavy (non-hydrogen) atoms. The predicted octanol–water partition coefficient (Wildman–Crippen LogP) is 1.13. The minimum atomic E-state index is 0.473. The summed E-state index contributed by atoms with van der Waals surface area (Å²) in [6.07, 6.45) is 4.08. The summed E-state index contributed by atoms with van der Waals surface area (Å²) in [5.41, 5.74) is 7.24. The van der Waals surface area contributed by atoms with Gasteiger partial charge in [-0.05, 0) is 37.4 Å². The average Bonchev–Trinajstić information content (AvgIpc) is 2.39. The predicted molar refractivity (Wildman–Crippen MR) is 62.9 cm³/mol. The Morgan fingerprint density at radius 1 is 1.44 bits per heavy atom. The number of aromatic nitrogens is 1. The molecule has 0 aromatic carbocycles. The molecule has 0 unspecified atom stereocenters. The summed E-state index contributed by atoms with van der Waals surface area (Å²) in [5, 5.41) is 8.67. The normalized spacial score (nSPS) is 17.1. The van der Waals surface area contributed by atoms with Crippen molar-refractivity contribution in [2.75, 3.05) is 24.5 Å². The largest absolute Gasteiger partial charge is 0.370 e. The van der Waals surface area contributed by atoms with E-state index in [0.717, 1.165) is 38.2 Å². The lowest BCUT2D eigenvalue weighted by molar-refractivity contribution is 0.414. The van der Waals surface area contributed by atoms with Gasteiger partial charge in [0.2, 0.25) is 0 Å². The van der Waals surface area contributed by atoms with E-state index in [4.69, 9.17) is 11.0 Å². The van der Waals surface area contributed by atoms with E-state index in [2.05, 4.69) is 9.88 Å². The van der Waals surface area contributed by atoms with Crippen LogP contribution in [-0.4, -0.2) is 24.6 Å². The maximum Gasteiger partial charge on any atom is 0.140 e. The van der Waals surface area contributed by atoms with Crippen molar-refractivity contribution in [1.29, 1.82) is 5.26 Å².